The summed E-state index contributed by atoms with van der Waals surface area (Å²) in [4.78, 5) is 15.7. The minimum Gasteiger partial charge on any atom is -0.481 e. The topological polar surface area (TPSA) is 56.9 Å². The minimum absolute atomic E-state index is 0.162. The molecule has 2 aliphatic heterocycles. The standard InChI is InChI=1S/C28H31FN2O3/c29-24-13-19(16-30-17-21(18-30)27(32)33)5-8-23(24)26-14-20-6-7-22(15-25(20)34-26)28(9-10-28)31-11-3-1-2-4-12-31/h5-8,13-15,21H,1-4,9-12,16-18H2,(H,32,33). The number of hydrogen-bond acceptors (Lipinski definition) is 4. The first-order chi connectivity index (χ1) is 16.5. The van der Waals surface area contributed by atoms with E-state index in [4.69, 9.17) is 9.52 Å². The van der Waals surface area contributed by atoms with Gasteiger partial charge in [0.15, 0.2) is 0 Å². The van der Waals surface area contributed by atoms with E-state index in [1.807, 2.05) is 17.0 Å². The van der Waals surface area contributed by atoms with Gasteiger partial charge >= 0.3 is 5.97 Å². The van der Waals surface area contributed by atoms with E-state index in [0.29, 0.717) is 31.0 Å². The fourth-order valence-electron chi connectivity index (χ4n) is 5.83. The third-order valence-electron chi connectivity index (χ3n) is 8.00. The van der Waals surface area contributed by atoms with Crippen LogP contribution in [0.5, 0.6) is 0 Å². The summed E-state index contributed by atoms with van der Waals surface area (Å²) in [6.07, 6.45) is 7.62. The molecule has 6 heteroatoms. The molecule has 3 fully saturated rings. The van der Waals surface area contributed by atoms with Crippen LogP contribution in [-0.2, 0) is 16.9 Å². The second-order valence-corrected chi connectivity index (χ2v) is 10.3. The van der Waals surface area contributed by atoms with Crippen LogP contribution >= 0.6 is 0 Å². The van der Waals surface area contributed by atoms with Crippen molar-refractivity contribution in [3.8, 4) is 11.3 Å². The molecule has 1 saturated carbocycles. The Hall–Kier alpha value is -2.70. The van der Waals surface area contributed by atoms with Gasteiger partial charge < -0.3 is 9.52 Å². The fraction of sp³-hybridized carbons (Fsp3) is 0.464. The van der Waals surface area contributed by atoms with Gasteiger partial charge in [-0.15, -0.1) is 0 Å². The average Bonchev–Trinajstić information content (AvgIpc) is 3.54. The van der Waals surface area contributed by atoms with Crippen LogP contribution in [0, 0.1) is 11.7 Å². The molecule has 0 radical (unpaired) electrons. The van der Waals surface area contributed by atoms with Crippen molar-refractivity contribution in [1.29, 1.82) is 0 Å². The lowest BCUT2D eigenvalue weighted by atomic mass is 9.99. The summed E-state index contributed by atoms with van der Waals surface area (Å²) in [5.74, 6) is -0.829. The molecule has 6 rings (SSSR count). The van der Waals surface area contributed by atoms with E-state index in [-0.39, 0.29) is 17.3 Å². The van der Waals surface area contributed by atoms with Gasteiger partial charge in [-0.3, -0.25) is 14.6 Å². The van der Waals surface area contributed by atoms with Gasteiger partial charge in [0.25, 0.3) is 0 Å². The predicted molar refractivity (Wildman–Crippen MR) is 129 cm³/mol. The molecule has 2 saturated heterocycles. The second-order valence-electron chi connectivity index (χ2n) is 10.3. The fourth-order valence-corrected chi connectivity index (χ4v) is 5.83. The highest BCUT2D eigenvalue weighted by molar-refractivity contribution is 5.84. The SMILES string of the molecule is O=C(O)C1CN(Cc2ccc(-c3cc4ccc(C5(N6CCCCCC6)CC5)cc4o3)c(F)c2)C1. The van der Waals surface area contributed by atoms with Crippen molar-refractivity contribution in [2.45, 2.75) is 50.6 Å². The molecule has 3 aliphatic rings. The Kier molecular flexibility index (Phi) is 5.46. The highest BCUT2D eigenvalue weighted by Gasteiger charge is 2.49. The zero-order chi connectivity index (χ0) is 23.3. The lowest BCUT2D eigenvalue weighted by Gasteiger charge is -2.36. The third kappa shape index (κ3) is 3.93. The number of nitrogens with zero attached hydrogens (tertiary/aromatic N) is 2. The average molecular weight is 463 g/mol. The zero-order valence-corrected chi connectivity index (χ0v) is 19.4. The quantitative estimate of drug-likeness (QED) is 0.515. The van der Waals surface area contributed by atoms with Crippen molar-refractivity contribution < 1.29 is 18.7 Å². The number of carboxylic acids is 1. The lowest BCUT2D eigenvalue weighted by molar-refractivity contribution is -0.147. The van der Waals surface area contributed by atoms with Gasteiger partial charge in [0, 0.05) is 30.6 Å². The van der Waals surface area contributed by atoms with E-state index in [1.165, 1.54) is 57.2 Å². The summed E-state index contributed by atoms with van der Waals surface area (Å²) < 4.78 is 21.2. The highest BCUT2D eigenvalue weighted by atomic mass is 19.1. The first-order valence-electron chi connectivity index (χ1n) is 12.5. The molecule has 2 aromatic carbocycles. The zero-order valence-electron chi connectivity index (χ0n) is 19.4. The van der Waals surface area contributed by atoms with Crippen LogP contribution in [0.3, 0.4) is 0 Å². The molecule has 0 spiro atoms. The third-order valence-corrected chi connectivity index (χ3v) is 8.00. The number of hydrogen-bond donors (Lipinski definition) is 1. The lowest BCUT2D eigenvalue weighted by Crippen LogP contribution is -2.49. The number of carbonyl (C=O) groups is 1. The minimum atomic E-state index is -0.759. The molecule has 178 valence electrons. The van der Waals surface area contributed by atoms with Crippen LogP contribution in [-0.4, -0.2) is 47.1 Å². The summed E-state index contributed by atoms with van der Waals surface area (Å²) in [5.41, 5.74) is 3.61. The van der Waals surface area contributed by atoms with Gasteiger partial charge in [-0.05, 0) is 74.2 Å². The van der Waals surface area contributed by atoms with Gasteiger partial charge in [-0.2, -0.15) is 0 Å². The van der Waals surface area contributed by atoms with Crippen LogP contribution < -0.4 is 0 Å². The van der Waals surface area contributed by atoms with Crippen LogP contribution in [0.15, 0.2) is 46.9 Å². The van der Waals surface area contributed by atoms with Crippen molar-refractivity contribution in [3.63, 3.8) is 0 Å². The number of likely N-dealkylation sites (tertiary alicyclic amines) is 2. The maximum Gasteiger partial charge on any atom is 0.309 e. The Labute approximate surface area is 199 Å². The summed E-state index contributed by atoms with van der Waals surface area (Å²) in [7, 11) is 0. The van der Waals surface area contributed by atoms with E-state index in [0.717, 1.165) is 16.5 Å². The van der Waals surface area contributed by atoms with Gasteiger partial charge in [-0.25, -0.2) is 4.39 Å². The second kappa shape index (κ2) is 8.51. The van der Waals surface area contributed by atoms with Crippen molar-refractivity contribution in [2.24, 2.45) is 5.92 Å². The number of aliphatic carboxylic acids is 1. The van der Waals surface area contributed by atoms with Gasteiger partial charge in [0.1, 0.15) is 17.2 Å². The number of halogens is 1. The number of benzene rings is 2. The maximum atomic E-state index is 15.0. The molecular weight excluding hydrogens is 431 g/mol. The number of fused-ring (bicyclic) bond motifs is 1. The number of carboxylic acid groups (broad SMARTS) is 1. The van der Waals surface area contributed by atoms with Gasteiger partial charge in [0.2, 0.25) is 0 Å². The van der Waals surface area contributed by atoms with Crippen molar-refractivity contribution in [2.75, 3.05) is 26.2 Å². The van der Waals surface area contributed by atoms with Crippen LogP contribution in [0.2, 0.25) is 0 Å². The van der Waals surface area contributed by atoms with Crippen LogP contribution in [0.1, 0.15) is 49.7 Å². The van der Waals surface area contributed by atoms with Crippen molar-refractivity contribution in [3.05, 3.63) is 59.4 Å². The summed E-state index contributed by atoms with van der Waals surface area (Å²) in [5, 5.41) is 10.0. The molecule has 0 bridgehead atoms. The summed E-state index contributed by atoms with van der Waals surface area (Å²) in [6.45, 7) is 3.94. The molecule has 1 aromatic heterocycles. The van der Waals surface area contributed by atoms with Crippen molar-refractivity contribution in [1.82, 2.24) is 9.80 Å². The Morgan fingerprint density at radius 3 is 2.47 bits per heavy atom. The van der Waals surface area contributed by atoms with Crippen molar-refractivity contribution >= 4 is 16.9 Å². The van der Waals surface area contributed by atoms with Gasteiger partial charge in [0.05, 0.1) is 11.5 Å². The smallest absolute Gasteiger partial charge is 0.309 e. The number of rotatable bonds is 6. The molecule has 3 aromatic rings. The molecule has 1 N–H and O–H groups in total. The summed E-state index contributed by atoms with van der Waals surface area (Å²) in [6, 6.07) is 13.7. The molecular formula is C28H31FN2O3. The number of furan rings is 1. The molecule has 3 heterocycles. The summed E-state index contributed by atoms with van der Waals surface area (Å²) >= 11 is 0. The molecule has 1 aliphatic carbocycles. The molecule has 0 atom stereocenters. The maximum absolute atomic E-state index is 15.0. The molecule has 0 amide bonds. The Morgan fingerprint density at radius 2 is 1.79 bits per heavy atom. The van der Waals surface area contributed by atoms with Crippen LogP contribution in [0.25, 0.3) is 22.3 Å². The van der Waals surface area contributed by atoms with E-state index in [1.54, 1.807) is 12.1 Å². The van der Waals surface area contributed by atoms with Gasteiger partial charge in [-0.1, -0.05) is 31.0 Å². The first-order valence-corrected chi connectivity index (χ1v) is 12.5. The Balaban J connectivity index is 1.21. The van der Waals surface area contributed by atoms with Crippen LogP contribution in [0.4, 0.5) is 4.39 Å². The highest BCUT2D eigenvalue weighted by Crippen LogP contribution is 2.52. The monoisotopic (exact) mass is 462 g/mol. The van der Waals surface area contributed by atoms with E-state index in [2.05, 4.69) is 23.1 Å². The Bertz CT molecular complexity index is 1220. The first kappa shape index (κ1) is 21.8. The molecule has 0 unspecified atom stereocenters. The molecule has 34 heavy (non-hydrogen) atoms. The van der Waals surface area contributed by atoms with E-state index >= 15 is 4.39 Å². The largest absolute Gasteiger partial charge is 0.481 e. The normalized spacial score (nSPS) is 21.3. The molecule has 5 nitrogen and oxygen atoms in total. The predicted octanol–water partition coefficient (Wildman–Crippen LogP) is 5.62. The van der Waals surface area contributed by atoms with E-state index < -0.39 is 5.97 Å². The van der Waals surface area contributed by atoms with E-state index in [9.17, 15) is 4.79 Å². The Morgan fingerprint density at radius 1 is 1.03 bits per heavy atom.